The van der Waals surface area contributed by atoms with Gasteiger partial charge in [-0.15, -0.1) is 0 Å². The Morgan fingerprint density at radius 2 is 2.21 bits per heavy atom. The molecular formula is C19H26IN3O5. The Kier molecular flexibility index (Phi) is 7.72. The van der Waals surface area contributed by atoms with Crippen LogP contribution in [0.1, 0.15) is 43.4 Å². The van der Waals surface area contributed by atoms with Crippen LogP contribution in [0.15, 0.2) is 12.1 Å². The van der Waals surface area contributed by atoms with E-state index >= 15 is 0 Å². The van der Waals surface area contributed by atoms with Crippen LogP contribution in [0.2, 0.25) is 0 Å². The maximum atomic E-state index is 11.1. The van der Waals surface area contributed by atoms with E-state index in [-0.39, 0.29) is 12.5 Å². The van der Waals surface area contributed by atoms with E-state index in [2.05, 4.69) is 25.8 Å². The van der Waals surface area contributed by atoms with Crippen molar-refractivity contribution in [3.05, 3.63) is 23.4 Å². The summed E-state index contributed by atoms with van der Waals surface area (Å²) in [4.78, 5) is 27.0. The van der Waals surface area contributed by atoms with Gasteiger partial charge in [-0.3, -0.25) is 0 Å². The molecule has 8 nitrogen and oxygen atoms in total. The molecule has 1 atom stereocenters. The molecule has 0 saturated heterocycles. The van der Waals surface area contributed by atoms with Crippen LogP contribution in [0.3, 0.4) is 0 Å². The first-order valence-corrected chi connectivity index (χ1v) is 10.6. The van der Waals surface area contributed by atoms with Crippen LogP contribution in [0.4, 0.5) is 10.6 Å². The number of carbonyl (C=O) groups excluding carboxylic acids is 1. The maximum Gasteiger partial charge on any atom is 0.417 e. The fraction of sp³-hybridized carbons (Fsp3) is 0.632. The Balaban J connectivity index is 1.31. The zero-order valence-corrected chi connectivity index (χ0v) is 17.8. The fourth-order valence-electron chi connectivity index (χ4n) is 3.68. The number of nitrogens with one attached hydrogen (secondary N) is 2. The molecule has 1 aliphatic carbocycles. The van der Waals surface area contributed by atoms with Crippen molar-refractivity contribution in [1.29, 1.82) is 0 Å². The number of nitrogens with zero attached hydrogens (tertiary/aromatic N) is 1. The van der Waals surface area contributed by atoms with Crippen molar-refractivity contribution >= 4 is 40.9 Å². The molecule has 0 spiro atoms. The summed E-state index contributed by atoms with van der Waals surface area (Å²) in [7, 11) is 0. The van der Waals surface area contributed by atoms with Gasteiger partial charge < -0.3 is 23.5 Å². The maximum absolute atomic E-state index is 11.1. The molecule has 28 heavy (non-hydrogen) atoms. The number of aromatic nitrogens is 1. The molecule has 1 aromatic heterocycles. The molecule has 2 aliphatic rings. The first-order valence-electron chi connectivity index (χ1n) is 9.71. The third kappa shape index (κ3) is 5.94. The number of anilines is 1. The molecular weight excluding hydrogens is 477 g/mol. The minimum absolute atomic E-state index is 0.175. The summed E-state index contributed by atoms with van der Waals surface area (Å²) in [5.41, 5.74) is 2.45. The average molecular weight is 503 g/mol. The second kappa shape index (κ2) is 10.2. The standard InChI is InChI=1S/C19H26IN3O5/c20-28-19(26)23-16(18(24)25)7-9-27-15-10-12(11-15)3-5-14-6-4-13-2-1-8-21-17(13)22-14/h4,6,12,15-16H,1-3,5,7-11H2,(H,21,22)(H,23,26)(H,24,25). The van der Waals surface area contributed by atoms with Gasteiger partial charge in [0.15, 0.2) is 23.0 Å². The Morgan fingerprint density at radius 1 is 1.39 bits per heavy atom. The molecule has 1 aliphatic heterocycles. The summed E-state index contributed by atoms with van der Waals surface area (Å²) in [6, 6.07) is 3.33. The normalized spacial score (nSPS) is 21.6. The van der Waals surface area contributed by atoms with Gasteiger partial charge in [0.2, 0.25) is 0 Å². The highest BCUT2D eigenvalue weighted by Gasteiger charge is 2.30. The molecule has 2 heterocycles. The van der Waals surface area contributed by atoms with Gasteiger partial charge >= 0.3 is 12.1 Å². The Bertz CT molecular complexity index is 696. The second-order valence-electron chi connectivity index (χ2n) is 7.40. The highest BCUT2D eigenvalue weighted by molar-refractivity contribution is 14.1. The summed E-state index contributed by atoms with van der Waals surface area (Å²) < 4.78 is 10.2. The van der Waals surface area contributed by atoms with Crippen LogP contribution >= 0.6 is 23.0 Å². The van der Waals surface area contributed by atoms with Gasteiger partial charge in [0, 0.05) is 25.3 Å². The van der Waals surface area contributed by atoms with E-state index in [0.717, 1.165) is 50.2 Å². The minimum Gasteiger partial charge on any atom is -0.480 e. The largest absolute Gasteiger partial charge is 0.480 e. The van der Waals surface area contributed by atoms with Crippen LogP contribution < -0.4 is 10.6 Å². The molecule has 1 amide bonds. The van der Waals surface area contributed by atoms with Crippen molar-refractivity contribution in [3.8, 4) is 0 Å². The molecule has 3 rings (SSSR count). The number of ether oxygens (including phenoxy) is 1. The molecule has 1 aromatic rings. The SMILES string of the molecule is O=C(NC(CCOC1CC(CCc2ccc3c(n2)NCCC3)C1)C(=O)O)OI. The summed E-state index contributed by atoms with van der Waals surface area (Å²) in [6.45, 7) is 1.30. The van der Waals surface area contributed by atoms with Crippen LogP contribution in [0.5, 0.6) is 0 Å². The zero-order valence-electron chi connectivity index (χ0n) is 15.7. The molecule has 0 radical (unpaired) electrons. The topological polar surface area (TPSA) is 110 Å². The predicted octanol–water partition coefficient (Wildman–Crippen LogP) is 3.09. The van der Waals surface area contributed by atoms with Gasteiger partial charge in [-0.2, -0.15) is 0 Å². The van der Waals surface area contributed by atoms with Gasteiger partial charge in [0.05, 0.1) is 6.10 Å². The predicted molar refractivity (Wildman–Crippen MR) is 112 cm³/mol. The number of aryl methyl sites for hydroxylation is 2. The van der Waals surface area contributed by atoms with Gasteiger partial charge in [0.25, 0.3) is 0 Å². The van der Waals surface area contributed by atoms with Gasteiger partial charge in [-0.1, -0.05) is 6.07 Å². The van der Waals surface area contributed by atoms with Crippen LogP contribution in [0, 0.1) is 5.92 Å². The lowest BCUT2D eigenvalue weighted by atomic mass is 9.79. The molecule has 9 heteroatoms. The molecule has 3 N–H and O–H groups in total. The number of amides is 1. The van der Waals surface area contributed by atoms with E-state index in [1.165, 1.54) is 35.0 Å². The monoisotopic (exact) mass is 503 g/mol. The number of halogens is 1. The van der Waals surface area contributed by atoms with Crippen LogP contribution in [0.25, 0.3) is 0 Å². The van der Waals surface area contributed by atoms with Crippen molar-refractivity contribution in [2.24, 2.45) is 5.92 Å². The van der Waals surface area contributed by atoms with Crippen molar-refractivity contribution in [1.82, 2.24) is 10.3 Å². The number of hydrogen-bond donors (Lipinski definition) is 3. The third-order valence-corrected chi connectivity index (χ3v) is 5.77. The van der Waals surface area contributed by atoms with E-state index in [1.807, 2.05) is 0 Å². The first-order chi connectivity index (χ1) is 13.5. The molecule has 1 fully saturated rings. The number of fused-ring (bicyclic) bond motifs is 1. The van der Waals surface area contributed by atoms with E-state index in [0.29, 0.717) is 12.5 Å². The van der Waals surface area contributed by atoms with Crippen LogP contribution in [-0.4, -0.2) is 47.5 Å². The Hall–Kier alpha value is -1.62. The van der Waals surface area contributed by atoms with Gasteiger partial charge in [-0.05, 0) is 56.1 Å². The summed E-state index contributed by atoms with van der Waals surface area (Å²) in [5, 5.41) is 14.8. The van der Waals surface area contributed by atoms with Gasteiger partial charge in [-0.25, -0.2) is 14.6 Å². The lowest BCUT2D eigenvalue weighted by Gasteiger charge is -2.35. The number of carbonyl (C=O) groups is 2. The number of pyridine rings is 1. The highest BCUT2D eigenvalue weighted by atomic mass is 127. The van der Waals surface area contributed by atoms with E-state index in [1.54, 1.807) is 0 Å². The average Bonchev–Trinajstić information content (AvgIpc) is 2.67. The molecule has 1 unspecified atom stereocenters. The van der Waals surface area contributed by atoms with E-state index in [4.69, 9.17) is 14.8 Å². The zero-order chi connectivity index (χ0) is 19.9. The highest BCUT2D eigenvalue weighted by Crippen LogP contribution is 2.34. The second-order valence-corrected chi connectivity index (χ2v) is 7.84. The molecule has 154 valence electrons. The fourth-order valence-corrected chi connectivity index (χ4v) is 3.81. The number of carboxylic acids is 1. The smallest absolute Gasteiger partial charge is 0.417 e. The van der Waals surface area contributed by atoms with Gasteiger partial charge in [0.1, 0.15) is 11.9 Å². The summed E-state index contributed by atoms with van der Waals surface area (Å²) in [6.07, 6.45) is 5.94. The number of aliphatic carboxylic acids is 1. The third-order valence-electron chi connectivity index (χ3n) is 5.37. The lowest BCUT2D eigenvalue weighted by molar-refractivity contribution is -0.140. The minimum atomic E-state index is -1.09. The summed E-state index contributed by atoms with van der Waals surface area (Å²) in [5.74, 6) is 0.578. The van der Waals surface area contributed by atoms with E-state index < -0.39 is 18.1 Å². The van der Waals surface area contributed by atoms with E-state index in [9.17, 15) is 9.59 Å². The van der Waals surface area contributed by atoms with Crippen molar-refractivity contribution < 1.29 is 22.5 Å². The van der Waals surface area contributed by atoms with Crippen LogP contribution in [-0.2, 0) is 25.4 Å². The lowest BCUT2D eigenvalue weighted by Crippen LogP contribution is -2.41. The molecule has 0 aromatic carbocycles. The molecule has 0 bridgehead atoms. The van der Waals surface area contributed by atoms with Crippen molar-refractivity contribution in [2.45, 2.75) is 57.1 Å². The summed E-state index contributed by atoms with van der Waals surface area (Å²) >= 11 is 1.41. The molecule has 1 saturated carbocycles. The van der Waals surface area contributed by atoms with Crippen molar-refractivity contribution in [2.75, 3.05) is 18.5 Å². The first kappa shape index (κ1) is 21.1. The van der Waals surface area contributed by atoms with Crippen molar-refractivity contribution in [3.63, 3.8) is 0 Å². The quantitative estimate of drug-likeness (QED) is 0.445. The number of carboxylic acid groups (broad SMARTS) is 1. The Morgan fingerprint density at radius 3 is 2.96 bits per heavy atom. The Labute approximate surface area is 178 Å². The number of rotatable bonds is 9. The number of hydrogen-bond acceptors (Lipinski definition) is 6.